The second-order valence-corrected chi connectivity index (χ2v) is 14.7. The number of aromatic amines is 1. The molecule has 11 heteroatoms. The monoisotopic (exact) mass is 678 g/mol. The number of carboxylic acid groups (broad SMARTS) is 1. The molecule has 0 amide bonds. The van der Waals surface area contributed by atoms with Crippen molar-refractivity contribution in [1.82, 2.24) is 14.8 Å². The minimum absolute atomic E-state index is 0.163. The van der Waals surface area contributed by atoms with Crippen LogP contribution < -0.4 is 14.4 Å². The number of anilines is 1. The van der Waals surface area contributed by atoms with Crippen molar-refractivity contribution in [3.8, 4) is 22.6 Å². The van der Waals surface area contributed by atoms with Crippen LogP contribution in [0.4, 0.5) is 5.69 Å². The molecular formula is C38H38N4O6S. The summed E-state index contributed by atoms with van der Waals surface area (Å²) in [6, 6.07) is 27.6. The van der Waals surface area contributed by atoms with Gasteiger partial charge < -0.3 is 24.5 Å². The van der Waals surface area contributed by atoms with Gasteiger partial charge in [0.1, 0.15) is 29.5 Å². The Balaban J connectivity index is 1.10. The van der Waals surface area contributed by atoms with Crippen LogP contribution in [0, 0.1) is 6.92 Å². The molecular weight excluding hydrogens is 641 g/mol. The highest BCUT2D eigenvalue weighted by Gasteiger charge is 2.24. The lowest BCUT2D eigenvalue weighted by Gasteiger charge is -2.28. The number of nitrogens with one attached hydrogen (secondary N) is 1. The molecule has 0 aliphatic carbocycles. The van der Waals surface area contributed by atoms with Gasteiger partial charge in [0.15, 0.2) is 9.84 Å². The fourth-order valence-corrected chi connectivity index (χ4v) is 7.88. The average Bonchev–Trinajstić information content (AvgIpc) is 3.62. The van der Waals surface area contributed by atoms with E-state index in [0.29, 0.717) is 38.3 Å². The standard InChI is InChI=1S/C38H38N4O6S/c1-25-35(33(40-41(25)2)24-48-28-17-15-27(16-18-28)42-19-22-49(45,46)23-20-42)32-12-6-11-30-31(37(38(43)44)39-36(30)32)13-7-21-47-34-14-5-9-26-8-3-4-10-29(26)34/h3-6,8-12,14-18,39H,7,13,19-24H2,1-2H3,(H,43,44). The summed E-state index contributed by atoms with van der Waals surface area (Å²) in [5.41, 5.74) is 6.04. The second-order valence-electron chi connectivity index (χ2n) is 12.4. The molecule has 1 aliphatic heterocycles. The van der Waals surface area contributed by atoms with Crippen molar-refractivity contribution < 1.29 is 27.8 Å². The number of nitrogens with zero attached hydrogens (tertiary/aromatic N) is 3. The Morgan fingerprint density at radius 2 is 1.63 bits per heavy atom. The molecule has 0 radical (unpaired) electrons. The third-order valence-corrected chi connectivity index (χ3v) is 10.9. The van der Waals surface area contributed by atoms with Crippen LogP contribution in [0.5, 0.6) is 11.5 Å². The molecule has 2 aromatic heterocycles. The van der Waals surface area contributed by atoms with Crippen LogP contribution in [0.15, 0.2) is 84.9 Å². The van der Waals surface area contributed by atoms with E-state index in [1.165, 1.54) is 0 Å². The number of ether oxygens (including phenoxy) is 2. The highest BCUT2D eigenvalue weighted by Crippen LogP contribution is 2.36. The molecule has 3 heterocycles. The molecule has 0 bridgehead atoms. The van der Waals surface area contributed by atoms with Gasteiger partial charge in [-0.25, -0.2) is 13.2 Å². The van der Waals surface area contributed by atoms with E-state index in [2.05, 4.69) is 22.0 Å². The number of carbonyl (C=O) groups is 1. The number of aromatic carboxylic acids is 1. The van der Waals surface area contributed by atoms with Crippen LogP contribution in [-0.4, -0.2) is 65.5 Å². The number of rotatable bonds is 11. The zero-order valence-electron chi connectivity index (χ0n) is 27.5. The zero-order chi connectivity index (χ0) is 34.1. The number of para-hydroxylation sites is 1. The topological polar surface area (TPSA) is 127 Å². The number of aromatic nitrogens is 3. The Morgan fingerprint density at radius 3 is 2.41 bits per heavy atom. The third-order valence-electron chi connectivity index (χ3n) is 9.33. The number of fused-ring (bicyclic) bond motifs is 2. The number of H-pyrrole nitrogens is 1. The number of sulfone groups is 1. The summed E-state index contributed by atoms with van der Waals surface area (Å²) in [4.78, 5) is 17.8. The smallest absolute Gasteiger partial charge is 0.352 e. The highest BCUT2D eigenvalue weighted by atomic mass is 32.2. The van der Waals surface area contributed by atoms with E-state index in [0.717, 1.165) is 61.2 Å². The summed E-state index contributed by atoms with van der Waals surface area (Å²) in [6.45, 7) is 3.61. The van der Waals surface area contributed by atoms with Gasteiger partial charge in [0.05, 0.1) is 23.6 Å². The lowest BCUT2D eigenvalue weighted by molar-refractivity contribution is 0.0690. The van der Waals surface area contributed by atoms with E-state index < -0.39 is 15.8 Å². The van der Waals surface area contributed by atoms with Crippen LogP contribution in [0.1, 0.15) is 33.9 Å². The van der Waals surface area contributed by atoms with Gasteiger partial charge in [0, 0.05) is 53.4 Å². The van der Waals surface area contributed by atoms with Crippen molar-refractivity contribution >= 4 is 43.2 Å². The quantitative estimate of drug-likeness (QED) is 0.148. The van der Waals surface area contributed by atoms with Gasteiger partial charge in [-0.05, 0) is 61.0 Å². The predicted molar refractivity (Wildman–Crippen MR) is 192 cm³/mol. The molecule has 49 heavy (non-hydrogen) atoms. The molecule has 10 nitrogen and oxygen atoms in total. The van der Waals surface area contributed by atoms with Crippen LogP contribution in [0.25, 0.3) is 32.8 Å². The summed E-state index contributed by atoms with van der Waals surface area (Å²) in [6.07, 6.45) is 1.17. The maximum absolute atomic E-state index is 12.5. The van der Waals surface area contributed by atoms with Crippen molar-refractivity contribution in [3.63, 3.8) is 0 Å². The van der Waals surface area contributed by atoms with E-state index in [-0.39, 0.29) is 23.8 Å². The fraction of sp³-hybridized carbons (Fsp3) is 0.263. The van der Waals surface area contributed by atoms with Crippen molar-refractivity contribution in [2.45, 2.75) is 26.4 Å². The van der Waals surface area contributed by atoms with Crippen molar-refractivity contribution in [1.29, 1.82) is 0 Å². The van der Waals surface area contributed by atoms with E-state index in [9.17, 15) is 18.3 Å². The number of aryl methyl sites for hydroxylation is 2. The molecule has 252 valence electrons. The van der Waals surface area contributed by atoms with Crippen LogP contribution in [0.3, 0.4) is 0 Å². The van der Waals surface area contributed by atoms with Gasteiger partial charge in [-0.1, -0.05) is 54.6 Å². The van der Waals surface area contributed by atoms with Crippen molar-refractivity contribution in [3.05, 3.63) is 108 Å². The molecule has 0 spiro atoms. The molecule has 1 saturated heterocycles. The first-order valence-electron chi connectivity index (χ1n) is 16.4. The normalized spacial score (nSPS) is 14.4. The maximum Gasteiger partial charge on any atom is 0.352 e. The Bertz CT molecular complexity index is 2250. The number of hydrogen-bond donors (Lipinski definition) is 2. The van der Waals surface area contributed by atoms with Crippen LogP contribution in [-0.2, 0) is 29.9 Å². The number of hydrogen-bond acceptors (Lipinski definition) is 7. The lowest BCUT2D eigenvalue weighted by atomic mass is 9.98. The SMILES string of the molecule is Cc1c(-c2cccc3c(CCCOc4cccc5ccccc45)c(C(=O)O)[nH]c23)c(COc2ccc(N3CCS(=O)(=O)CC3)cc2)nn1C. The Labute approximate surface area is 284 Å². The summed E-state index contributed by atoms with van der Waals surface area (Å²) in [7, 11) is -1.07. The first-order valence-corrected chi connectivity index (χ1v) is 18.2. The molecule has 1 fully saturated rings. The van der Waals surface area contributed by atoms with Crippen molar-refractivity contribution in [2.24, 2.45) is 7.05 Å². The molecule has 0 saturated carbocycles. The van der Waals surface area contributed by atoms with Gasteiger partial charge in [-0.3, -0.25) is 4.68 Å². The van der Waals surface area contributed by atoms with Crippen LogP contribution >= 0.6 is 0 Å². The zero-order valence-corrected chi connectivity index (χ0v) is 28.3. The van der Waals surface area contributed by atoms with Gasteiger partial charge in [0.2, 0.25) is 0 Å². The molecule has 0 unspecified atom stereocenters. The minimum Gasteiger partial charge on any atom is -0.493 e. The molecule has 6 aromatic rings. The molecule has 0 atom stereocenters. The molecule has 4 aromatic carbocycles. The van der Waals surface area contributed by atoms with E-state index in [1.54, 1.807) is 0 Å². The second kappa shape index (κ2) is 13.3. The minimum atomic E-state index is -2.95. The third kappa shape index (κ3) is 6.58. The largest absolute Gasteiger partial charge is 0.493 e. The molecule has 2 N–H and O–H groups in total. The lowest BCUT2D eigenvalue weighted by Crippen LogP contribution is -2.40. The van der Waals surface area contributed by atoms with Gasteiger partial charge in [-0.2, -0.15) is 5.10 Å². The predicted octanol–water partition coefficient (Wildman–Crippen LogP) is 6.55. The molecule has 1 aliphatic rings. The summed E-state index contributed by atoms with van der Waals surface area (Å²) >= 11 is 0. The maximum atomic E-state index is 12.5. The summed E-state index contributed by atoms with van der Waals surface area (Å²) < 4.78 is 37.8. The average molecular weight is 679 g/mol. The Morgan fingerprint density at radius 1 is 0.918 bits per heavy atom. The fourth-order valence-electron chi connectivity index (χ4n) is 6.68. The van der Waals surface area contributed by atoms with Crippen molar-refractivity contribution in [2.75, 3.05) is 36.1 Å². The Kier molecular flexibility index (Phi) is 8.77. The molecule has 7 rings (SSSR count). The number of carboxylic acids is 1. The first-order chi connectivity index (χ1) is 23.7. The summed E-state index contributed by atoms with van der Waals surface area (Å²) in [5.74, 6) is 0.803. The van der Waals surface area contributed by atoms with Gasteiger partial charge in [0.25, 0.3) is 0 Å². The van der Waals surface area contributed by atoms with E-state index in [4.69, 9.17) is 14.6 Å². The number of benzene rings is 4. The summed E-state index contributed by atoms with van der Waals surface area (Å²) in [5, 5.41) is 18.0. The van der Waals surface area contributed by atoms with Crippen LogP contribution in [0.2, 0.25) is 0 Å². The van der Waals surface area contributed by atoms with Gasteiger partial charge >= 0.3 is 5.97 Å². The highest BCUT2D eigenvalue weighted by molar-refractivity contribution is 7.91. The van der Waals surface area contributed by atoms with Gasteiger partial charge in [-0.15, -0.1) is 0 Å². The van der Waals surface area contributed by atoms with E-state index >= 15 is 0 Å². The first kappa shape index (κ1) is 32.3. The van der Waals surface area contributed by atoms with E-state index in [1.807, 2.05) is 91.4 Å². The Hall–Kier alpha value is -5.29.